The Morgan fingerprint density at radius 3 is 2.85 bits per heavy atom. The van der Waals surface area contributed by atoms with Crippen molar-refractivity contribution in [2.24, 2.45) is 17.6 Å². The first-order valence-electron chi connectivity index (χ1n) is 6.50. The third kappa shape index (κ3) is 3.08. The second kappa shape index (κ2) is 6.19. The molecule has 0 aliphatic heterocycles. The number of nitrogens with one attached hydrogen (secondary N) is 1. The van der Waals surface area contributed by atoms with Gasteiger partial charge in [0.2, 0.25) is 5.91 Å². The molecule has 1 aromatic heterocycles. The molecular weight excluding hydrogens is 274 g/mol. The molecule has 20 heavy (non-hydrogen) atoms. The summed E-state index contributed by atoms with van der Waals surface area (Å²) in [6.45, 7) is 4.31. The van der Waals surface area contributed by atoms with Crippen molar-refractivity contribution in [3.8, 4) is 5.75 Å². The molecule has 5 nitrogen and oxygen atoms in total. The van der Waals surface area contributed by atoms with Crippen molar-refractivity contribution >= 4 is 32.6 Å². The fourth-order valence-electron chi connectivity index (χ4n) is 1.97. The van der Waals surface area contributed by atoms with E-state index >= 15 is 0 Å². The number of ether oxygens (including phenoxy) is 1. The maximum absolute atomic E-state index is 12.1. The van der Waals surface area contributed by atoms with Crippen molar-refractivity contribution in [3.05, 3.63) is 18.2 Å². The zero-order valence-electron chi connectivity index (χ0n) is 11.8. The molecule has 0 spiro atoms. The number of aromatic nitrogens is 1. The van der Waals surface area contributed by atoms with E-state index in [9.17, 15) is 4.79 Å². The van der Waals surface area contributed by atoms with Crippen LogP contribution in [-0.4, -0.2) is 24.5 Å². The lowest BCUT2D eigenvalue weighted by atomic mass is 9.95. The molecule has 0 saturated carbocycles. The van der Waals surface area contributed by atoms with Crippen LogP contribution in [0.15, 0.2) is 18.2 Å². The lowest BCUT2D eigenvalue weighted by Gasteiger charge is -2.16. The third-order valence-electron chi connectivity index (χ3n) is 3.22. The summed E-state index contributed by atoms with van der Waals surface area (Å²) in [6, 6.07) is 5.64. The molecule has 108 valence electrons. The van der Waals surface area contributed by atoms with E-state index in [0.29, 0.717) is 11.7 Å². The summed E-state index contributed by atoms with van der Waals surface area (Å²) in [6.07, 6.45) is 0. The third-order valence-corrected chi connectivity index (χ3v) is 4.15. The van der Waals surface area contributed by atoms with Gasteiger partial charge < -0.3 is 15.8 Å². The van der Waals surface area contributed by atoms with Gasteiger partial charge in [0, 0.05) is 6.54 Å². The quantitative estimate of drug-likeness (QED) is 0.888. The average molecular weight is 293 g/mol. The van der Waals surface area contributed by atoms with Gasteiger partial charge in [0.25, 0.3) is 0 Å². The Morgan fingerprint density at radius 1 is 1.50 bits per heavy atom. The zero-order valence-corrected chi connectivity index (χ0v) is 12.7. The number of methoxy groups -OCH3 is 1. The number of amides is 1. The van der Waals surface area contributed by atoms with Crippen molar-refractivity contribution in [2.45, 2.75) is 13.8 Å². The van der Waals surface area contributed by atoms with Crippen molar-refractivity contribution in [1.29, 1.82) is 0 Å². The topological polar surface area (TPSA) is 77.2 Å². The monoisotopic (exact) mass is 293 g/mol. The summed E-state index contributed by atoms with van der Waals surface area (Å²) >= 11 is 1.43. The number of carbonyl (C=O) groups excluding carboxylic acids is 1. The minimum atomic E-state index is -0.198. The molecule has 1 atom stereocenters. The highest BCUT2D eigenvalue weighted by Crippen LogP contribution is 2.29. The van der Waals surface area contributed by atoms with E-state index < -0.39 is 0 Å². The highest BCUT2D eigenvalue weighted by molar-refractivity contribution is 7.22. The zero-order chi connectivity index (χ0) is 14.7. The molecule has 0 aliphatic rings. The van der Waals surface area contributed by atoms with Crippen molar-refractivity contribution in [2.75, 3.05) is 19.0 Å². The number of nitrogens with zero attached hydrogens (tertiary/aromatic N) is 1. The van der Waals surface area contributed by atoms with Crippen LogP contribution in [0.25, 0.3) is 10.2 Å². The number of hydrogen-bond donors (Lipinski definition) is 2. The van der Waals surface area contributed by atoms with Crippen molar-refractivity contribution in [1.82, 2.24) is 4.98 Å². The van der Waals surface area contributed by atoms with Gasteiger partial charge in [0.1, 0.15) is 5.75 Å². The predicted octanol–water partition coefficient (Wildman–Crippen LogP) is 2.47. The van der Waals surface area contributed by atoms with E-state index in [1.165, 1.54) is 11.3 Å². The Balaban J connectivity index is 2.19. The molecule has 2 rings (SSSR count). The largest absolute Gasteiger partial charge is 0.497 e. The highest BCUT2D eigenvalue weighted by Gasteiger charge is 2.21. The number of carbonyl (C=O) groups is 1. The van der Waals surface area contributed by atoms with Crippen LogP contribution in [0.3, 0.4) is 0 Å². The maximum atomic E-state index is 12.1. The van der Waals surface area contributed by atoms with Gasteiger partial charge in [0.15, 0.2) is 5.13 Å². The average Bonchev–Trinajstić information content (AvgIpc) is 2.79. The minimum absolute atomic E-state index is 0.0754. The smallest absolute Gasteiger partial charge is 0.230 e. The fourth-order valence-corrected chi connectivity index (χ4v) is 2.86. The van der Waals surface area contributed by atoms with Gasteiger partial charge in [-0.15, -0.1) is 0 Å². The maximum Gasteiger partial charge on any atom is 0.230 e. The summed E-state index contributed by atoms with van der Waals surface area (Å²) in [5, 5.41) is 3.44. The number of hydrogen-bond acceptors (Lipinski definition) is 5. The molecule has 1 heterocycles. The molecule has 0 saturated heterocycles. The van der Waals surface area contributed by atoms with E-state index in [1.807, 2.05) is 32.0 Å². The van der Waals surface area contributed by atoms with Gasteiger partial charge in [-0.1, -0.05) is 25.2 Å². The first-order chi connectivity index (χ1) is 9.55. The molecule has 2 aromatic rings. The molecule has 0 fully saturated rings. The molecule has 3 N–H and O–H groups in total. The van der Waals surface area contributed by atoms with Gasteiger partial charge >= 0.3 is 0 Å². The van der Waals surface area contributed by atoms with Crippen LogP contribution in [-0.2, 0) is 4.79 Å². The van der Waals surface area contributed by atoms with E-state index in [0.717, 1.165) is 16.0 Å². The van der Waals surface area contributed by atoms with E-state index in [4.69, 9.17) is 10.5 Å². The lowest BCUT2D eigenvalue weighted by Crippen LogP contribution is -2.32. The van der Waals surface area contributed by atoms with E-state index in [1.54, 1.807) is 7.11 Å². The Labute approximate surface area is 122 Å². The first kappa shape index (κ1) is 14.7. The first-order valence-corrected chi connectivity index (χ1v) is 7.32. The second-order valence-corrected chi connectivity index (χ2v) is 5.96. The molecule has 6 heteroatoms. The van der Waals surface area contributed by atoms with Crippen LogP contribution in [0.2, 0.25) is 0 Å². The van der Waals surface area contributed by atoms with Gasteiger partial charge in [-0.05, 0) is 24.1 Å². The number of nitrogens with two attached hydrogens (primary N) is 1. The molecule has 0 radical (unpaired) electrons. The van der Waals surface area contributed by atoms with Crippen LogP contribution in [0.4, 0.5) is 5.13 Å². The van der Waals surface area contributed by atoms with Crippen LogP contribution in [0.5, 0.6) is 5.75 Å². The van der Waals surface area contributed by atoms with Gasteiger partial charge in [0.05, 0.1) is 23.2 Å². The number of thiazole rings is 1. The van der Waals surface area contributed by atoms with Gasteiger partial charge in [-0.3, -0.25) is 4.79 Å². The Hall–Kier alpha value is -1.66. The Kier molecular flexibility index (Phi) is 4.57. The summed E-state index contributed by atoms with van der Waals surface area (Å²) in [4.78, 5) is 16.5. The molecular formula is C14H19N3O2S. The summed E-state index contributed by atoms with van der Waals surface area (Å²) in [5.74, 6) is 0.709. The lowest BCUT2D eigenvalue weighted by molar-refractivity contribution is -0.120. The highest BCUT2D eigenvalue weighted by atomic mass is 32.1. The fraction of sp³-hybridized carbons (Fsp3) is 0.429. The van der Waals surface area contributed by atoms with E-state index in [-0.39, 0.29) is 17.7 Å². The number of rotatable bonds is 5. The van der Waals surface area contributed by atoms with E-state index in [2.05, 4.69) is 10.3 Å². The second-order valence-electron chi connectivity index (χ2n) is 4.93. The van der Waals surface area contributed by atoms with Crippen molar-refractivity contribution in [3.63, 3.8) is 0 Å². The van der Waals surface area contributed by atoms with Crippen LogP contribution in [0, 0.1) is 11.8 Å². The summed E-state index contributed by atoms with van der Waals surface area (Å²) in [5.41, 5.74) is 6.49. The normalized spacial score (nSPS) is 12.7. The Bertz CT molecular complexity index is 609. The summed E-state index contributed by atoms with van der Waals surface area (Å²) in [7, 11) is 1.62. The van der Waals surface area contributed by atoms with Crippen LogP contribution in [0.1, 0.15) is 13.8 Å². The number of anilines is 1. The van der Waals surface area contributed by atoms with Crippen LogP contribution < -0.4 is 15.8 Å². The van der Waals surface area contributed by atoms with Crippen LogP contribution >= 0.6 is 11.3 Å². The number of benzene rings is 1. The van der Waals surface area contributed by atoms with Gasteiger partial charge in [-0.25, -0.2) is 4.98 Å². The minimum Gasteiger partial charge on any atom is -0.497 e. The number of fused-ring (bicyclic) bond motifs is 1. The standard InChI is InChI=1S/C14H19N3O2S/c1-8(2)10(7-15)13(18)17-14-16-11-5-4-9(19-3)6-12(11)20-14/h4-6,8,10H,7,15H2,1-3H3,(H,16,17,18). The summed E-state index contributed by atoms with van der Waals surface area (Å²) < 4.78 is 6.15. The molecule has 0 bridgehead atoms. The Morgan fingerprint density at radius 2 is 2.25 bits per heavy atom. The predicted molar refractivity (Wildman–Crippen MR) is 82.2 cm³/mol. The molecule has 1 unspecified atom stereocenters. The molecule has 1 aromatic carbocycles. The molecule has 1 amide bonds. The SMILES string of the molecule is COc1ccc2nc(NC(=O)C(CN)C(C)C)sc2c1. The van der Waals surface area contributed by atoms with Crippen molar-refractivity contribution < 1.29 is 9.53 Å². The van der Waals surface area contributed by atoms with Gasteiger partial charge in [-0.2, -0.15) is 0 Å². The molecule has 0 aliphatic carbocycles.